The molecule has 1 unspecified atom stereocenters. The maximum atomic E-state index is 13.1. The van der Waals surface area contributed by atoms with Crippen molar-refractivity contribution in [2.45, 2.75) is 24.2 Å². The summed E-state index contributed by atoms with van der Waals surface area (Å²) in [4.78, 5) is 14.9. The number of carbonyl (C=O) groups excluding carboxylic acids is 1. The number of hydrogen-bond acceptors (Lipinski definition) is 4. The van der Waals surface area contributed by atoms with Crippen LogP contribution in [0.15, 0.2) is 53.4 Å². The first-order chi connectivity index (χ1) is 15.3. The molecule has 2 aromatic rings. The standard InChI is InChI=1S/C23H27F2N3O3S/c24-19-1-5-21(6-2-19)27-12-9-17(16-27)15-26-23(29)18-10-13-28(14-11-18)32(30,31)22-7-3-20(25)4-8-22/h1-8,17-18H,9-16H2,(H,26,29). The van der Waals surface area contributed by atoms with Crippen LogP contribution in [0.2, 0.25) is 0 Å². The number of nitrogens with zero attached hydrogens (tertiary/aromatic N) is 2. The lowest BCUT2D eigenvalue weighted by atomic mass is 9.97. The number of piperidine rings is 1. The molecule has 4 rings (SSSR count). The first-order valence-corrected chi connectivity index (χ1v) is 12.3. The highest BCUT2D eigenvalue weighted by atomic mass is 32.2. The summed E-state index contributed by atoms with van der Waals surface area (Å²) >= 11 is 0. The molecule has 2 aliphatic heterocycles. The lowest BCUT2D eigenvalue weighted by Crippen LogP contribution is -2.43. The smallest absolute Gasteiger partial charge is 0.243 e. The number of anilines is 1. The Morgan fingerprint density at radius 3 is 2.12 bits per heavy atom. The van der Waals surface area contributed by atoms with Gasteiger partial charge in [-0.15, -0.1) is 0 Å². The van der Waals surface area contributed by atoms with Crippen LogP contribution in [0.4, 0.5) is 14.5 Å². The van der Waals surface area contributed by atoms with Crippen LogP contribution in [-0.4, -0.2) is 51.4 Å². The summed E-state index contributed by atoms with van der Waals surface area (Å²) in [6.45, 7) is 2.77. The monoisotopic (exact) mass is 463 g/mol. The van der Waals surface area contributed by atoms with E-state index in [2.05, 4.69) is 10.2 Å². The summed E-state index contributed by atoms with van der Waals surface area (Å²) in [5.41, 5.74) is 0.981. The Kier molecular flexibility index (Phi) is 6.76. The molecule has 2 heterocycles. The predicted molar refractivity (Wildman–Crippen MR) is 118 cm³/mol. The van der Waals surface area contributed by atoms with E-state index in [4.69, 9.17) is 0 Å². The maximum absolute atomic E-state index is 13.1. The zero-order valence-electron chi connectivity index (χ0n) is 17.7. The summed E-state index contributed by atoms with van der Waals surface area (Å²) in [6, 6.07) is 11.2. The number of halogens is 2. The molecule has 0 spiro atoms. The van der Waals surface area contributed by atoms with E-state index in [0.29, 0.717) is 25.3 Å². The summed E-state index contributed by atoms with van der Waals surface area (Å²) in [5.74, 6) is -0.674. The average molecular weight is 464 g/mol. The molecule has 1 atom stereocenters. The topological polar surface area (TPSA) is 69.7 Å². The van der Waals surface area contributed by atoms with E-state index < -0.39 is 15.8 Å². The molecule has 0 aromatic heterocycles. The van der Waals surface area contributed by atoms with Gasteiger partial charge in [0.1, 0.15) is 11.6 Å². The van der Waals surface area contributed by atoms with E-state index in [1.54, 1.807) is 12.1 Å². The third kappa shape index (κ3) is 5.10. The first kappa shape index (κ1) is 22.7. The number of rotatable bonds is 6. The molecule has 2 fully saturated rings. The lowest BCUT2D eigenvalue weighted by Gasteiger charge is -2.30. The van der Waals surface area contributed by atoms with Crippen LogP contribution in [0.3, 0.4) is 0 Å². The molecule has 1 N–H and O–H groups in total. The minimum absolute atomic E-state index is 0.0379. The van der Waals surface area contributed by atoms with Crippen LogP contribution >= 0.6 is 0 Å². The van der Waals surface area contributed by atoms with Crippen molar-refractivity contribution in [3.63, 3.8) is 0 Å². The van der Waals surface area contributed by atoms with Crippen LogP contribution in [0.1, 0.15) is 19.3 Å². The largest absolute Gasteiger partial charge is 0.371 e. The van der Waals surface area contributed by atoms with E-state index >= 15 is 0 Å². The van der Waals surface area contributed by atoms with Gasteiger partial charge >= 0.3 is 0 Å². The zero-order chi connectivity index (χ0) is 22.7. The Morgan fingerprint density at radius 2 is 1.50 bits per heavy atom. The predicted octanol–water partition coefficient (Wildman–Crippen LogP) is 3.01. The summed E-state index contributed by atoms with van der Waals surface area (Å²) in [7, 11) is -3.68. The van der Waals surface area contributed by atoms with Crippen molar-refractivity contribution in [3.05, 3.63) is 60.2 Å². The van der Waals surface area contributed by atoms with Crippen molar-refractivity contribution in [2.24, 2.45) is 11.8 Å². The van der Waals surface area contributed by atoms with Gasteiger partial charge in [0.15, 0.2) is 0 Å². The molecule has 172 valence electrons. The second-order valence-corrected chi connectivity index (χ2v) is 10.4. The van der Waals surface area contributed by atoms with Crippen molar-refractivity contribution < 1.29 is 22.0 Å². The van der Waals surface area contributed by atoms with E-state index in [0.717, 1.165) is 37.3 Å². The van der Waals surface area contributed by atoms with Crippen molar-refractivity contribution in [3.8, 4) is 0 Å². The van der Waals surface area contributed by atoms with Gasteiger partial charge in [0.25, 0.3) is 0 Å². The van der Waals surface area contributed by atoms with Gasteiger partial charge in [0.2, 0.25) is 15.9 Å². The summed E-state index contributed by atoms with van der Waals surface area (Å²) in [6.07, 6.45) is 1.86. The molecule has 2 aromatic carbocycles. The van der Waals surface area contributed by atoms with Crippen LogP contribution < -0.4 is 10.2 Å². The minimum Gasteiger partial charge on any atom is -0.371 e. The Bertz CT molecular complexity index is 1040. The normalized spacial score (nSPS) is 20.4. The van der Waals surface area contributed by atoms with Crippen LogP contribution in [-0.2, 0) is 14.8 Å². The highest BCUT2D eigenvalue weighted by Gasteiger charge is 2.32. The van der Waals surface area contributed by atoms with Crippen LogP contribution in [0.5, 0.6) is 0 Å². The highest BCUT2D eigenvalue weighted by Crippen LogP contribution is 2.26. The van der Waals surface area contributed by atoms with E-state index in [-0.39, 0.29) is 35.6 Å². The second-order valence-electron chi connectivity index (χ2n) is 8.45. The lowest BCUT2D eigenvalue weighted by molar-refractivity contribution is -0.126. The van der Waals surface area contributed by atoms with Gasteiger partial charge in [-0.25, -0.2) is 17.2 Å². The van der Waals surface area contributed by atoms with Gasteiger partial charge in [0.05, 0.1) is 4.90 Å². The van der Waals surface area contributed by atoms with Gasteiger partial charge in [-0.2, -0.15) is 4.31 Å². The van der Waals surface area contributed by atoms with Crippen molar-refractivity contribution in [1.82, 2.24) is 9.62 Å². The Morgan fingerprint density at radius 1 is 0.906 bits per heavy atom. The van der Waals surface area contributed by atoms with Gasteiger partial charge in [-0.1, -0.05) is 0 Å². The highest BCUT2D eigenvalue weighted by molar-refractivity contribution is 7.89. The molecule has 32 heavy (non-hydrogen) atoms. The zero-order valence-corrected chi connectivity index (χ0v) is 18.5. The van der Waals surface area contributed by atoms with Gasteiger partial charge in [-0.05, 0) is 73.7 Å². The van der Waals surface area contributed by atoms with E-state index in [1.807, 2.05) is 0 Å². The van der Waals surface area contributed by atoms with Crippen molar-refractivity contribution in [2.75, 3.05) is 37.6 Å². The minimum atomic E-state index is -3.68. The molecule has 2 aliphatic rings. The Labute approximate surface area is 187 Å². The molecule has 1 amide bonds. The fraction of sp³-hybridized carbons (Fsp3) is 0.435. The molecule has 6 nitrogen and oxygen atoms in total. The average Bonchev–Trinajstić information content (AvgIpc) is 3.27. The van der Waals surface area contributed by atoms with Crippen molar-refractivity contribution in [1.29, 1.82) is 0 Å². The number of sulfonamides is 1. The molecule has 0 saturated carbocycles. The molecule has 2 saturated heterocycles. The number of hydrogen-bond donors (Lipinski definition) is 1. The third-order valence-corrected chi connectivity index (χ3v) is 8.23. The summed E-state index contributed by atoms with van der Waals surface area (Å²) in [5, 5.41) is 3.03. The van der Waals surface area contributed by atoms with Gasteiger partial charge in [0, 0.05) is 44.3 Å². The molecule has 0 bridgehead atoms. The van der Waals surface area contributed by atoms with Gasteiger partial charge < -0.3 is 10.2 Å². The molecule has 0 radical (unpaired) electrons. The molecular formula is C23H27F2N3O3S. The Balaban J connectivity index is 1.23. The molecule has 9 heteroatoms. The fourth-order valence-electron chi connectivity index (χ4n) is 4.39. The number of amides is 1. The van der Waals surface area contributed by atoms with Crippen LogP contribution in [0, 0.1) is 23.5 Å². The molecule has 0 aliphatic carbocycles. The molecular weight excluding hydrogens is 436 g/mol. The number of benzene rings is 2. The number of carbonyl (C=O) groups is 1. The maximum Gasteiger partial charge on any atom is 0.243 e. The Hall–Kier alpha value is -2.52. The van der Waals surface area contributed by atoms with E-state index in [9.17, 15) is 22.0 Å². The van der Waals surface area contributed by atoms with E-state index in [1.165, 1.54) is 28.6 Å². The number of nitrogens with one attached hydrogen (secondary N) is 1. The third-order valence-electron chi connectivity index (χ3n) is 6.32. The first-order valence-electron chi connectivity index (χ1n) is 10.9. The van der Waals surface area contributed by atoms with Crippen LogP contribution in [0.25, 0.3) is 0 Å². The van der Waals surface area contributed by atoms with Crippen molar-refractivity contribution >= 4 is 21.6 Å². The fourth-order valence-corrected chi connectivity index (χ4v) is 5.86. The summed E-state index contributed by atoms with van der Waals surface area (Å²) < 4.78 is 53.0. The SMILES string of the molecule is O=C(NCC1CCN(c2ccc(F)cc2)C1)C1CCN(S(=O)(=O)c2ccc(F)cc2)CC1. The van der Waals surface area contributed by atoms with Gasteiger partial charge in [-0.3, -0.25) is 4.79 Å². The quantitative estimate of drug-likeness (QED) is 0.715. The second kappa shape index (κ2) is 9.54.